The van der Waals surface area contributed by atoms with Crippen LogP contribution in [-0.2, 0) is 4.79 Å². The van der Waals surface area contributed by atoms with E-state index in [-0.39, 0.29) is 10.8 Å². The summed E-state index contributed by atoms with van der Waals surface area (Å²) in [5.41, 5.74) is 5.60. The lowest BCUT2D eigenvalue weighted by Gasteiger charge is -2.07. The largest absolute Gasteiger partial charge is 0.497 e. The van der Waals surface area contributed by atoms with Gasteiger partial charge < -0.3 is 10.1 Å². The first kappa shape index (κ1) is 19.7. The van der Waals surface area contributed by atoms with Gasteiger partial charge in [0, 0.05) is 28.3 Å². The number of hydrogen-bond donors (Lipinski definition) is 3. The Balaban J connectivity index is 1.68. The molecule has 144 valence electrons. The predicted molar refractivity (Wildman–Crippen MR) is 109 cm³/mol. The number of hydrazine groups is 1. The Labute approximate surface area is 169 Å². The molecule has 0 radical (unpaired) electrons. The zero-order valence-electron chi connectivity index (χ0n) is 15.0. The summed E-state index contributed by atoms with van der Waals surface area (Å²) in [6.45, 7) is 1.39. The summed E-state index contributed by atoms with van der Waals surface area (Å²) in [6.07, 6.45) is 0. The molecule has 0 unspecified atom stereocenters. The van der Waals surface area contributed by atoms with Crippen LogP contribution >= 0.6 is 22.9 Å². The number of rotatable bonds is 4. The molecule has 7 nitrogen and oxygen atoms in total. The number of ether oxygens (including phenoxy) is 1. The summed E-state index contributed by atoms with van der Waals surface area (Å²) < 4.78 is 5.97. The minimum atomic E-state index is -0.520. The van der Waals surface area contributed by atoms with Crippen molar-refractivity contribution in [1.82, 2.24) is 10.9 Å². The Kier molecular flexibility index (Phi) is 5.81. The molecular weight excluding hydrogens is 402 g/mol. The fourth-order valence-corrected chi connectivity index (χ4v) is 3.91. The smallest absolute Gasteiger partial charge is 0.281 e. The molecule has 0 aliphatic rings. The van der Waals surface area contributed by atoms with E-state index < -0.39 is 11.8 Å². The highest BCUT2D eigenvalue weighted by molar-refractivity contribution is 7.21. The van der Waals surface area contributed by atoms with Crippen LogP contribution in [0.15, 0.2) is 42.5 Å². The van der Waals surface area contributed by atoms with Crippen LogP contribution in [0, 0.1) is 0 Å². The second kappa shape index (κ2) is 8.28. The number of benzene rings is 2. The average Bonchev–Trinajstić information content (AvgIpc) is 3.02. The maximum Gasteiger partial charge on any atom is 0.281 e. The quantitative estimate of drug-likeness (QED) is 0.565. The van der Waals surface area contributed by atoms with Gasteiger partial charge in [0.2, 0.25) is 5.91 Å². The topological polar surface area (TPSA) is 96.5 Å². The lowest BCUT2D eigenvalue weighted by atomic mass is 10.2. The minimum absolute atomic E-state index is 0.206. The van der Waals surface area contributed by atoms with E-state index >= 15 is 0 Å². The van der Waals surface area contributed by atoms with E-state index in [1.807, 2.05) is 0 Å². The number of nitrogens with one attached hydrogen (secondary N) is 3. The summed E-state index contributed by atoms with van der Waals surface area (Å²) >= 11 is 7.50. The molecule has 3 N–H and O–H groups in total. The van der Waals surface area contributed by atoms with E-state index in [1.165, 1.54) is 30.4 Å². The average molecular weight is 418 g/mol. The van der Waals surface area contributed by atoms with E-state index in [9.17, 15) is 14.4 Å². The van der Waals surface area contributed by atoms with Crippen LogP contribution in [0.1, 0.15) is 27.0 Å². The van der Waals surface area contributed by atoms with Crippen LogP contribution in [0.4, 0.5) is 5.69 Å². The maximum absolute atomic E-state index is 12.4. The Morgan fingerprint density at radius 3 is 2.32 bits per heavy atom. The first-order chi connectivity index (χ1) is 13.4. The Morgan fingerprint density at radius 1 is 1.00 bits per heavy atom. The molecule has 9 heteroatoms. The molecule has 0 bridgehead atoms. The number of halogens is 1. The Morgan fingerprint density at radius 2 is 1.68 bits per heavy atom. The van der Waals surface area contributed by atoms with Crippen LogP contribution in [0.25, 0.3) is 10.1 Å². The normalized spacial score (nSPS) is 10.4. The van der Waals surface area contributed by atoms with Gasteiger partial charge in [-0.1, -0.05) is 11.6 Å². The number of carbonyl (C=O) groups is 3. The second-order valence-corrected chi connectivity index (χ2v) is 7.20. The van der Waals surface area contributed by atoms with Crippen molar-refractivity contribution < 1.29 is 19.1 Å². The van der Waals surface area contributed by atoms with Crippen LogP contribution < -0.4 is 20.9 Å². The molecule has 0 saturated heterocycles. The SMILES string of the molecule is COc1ccc2c(Cl)c(C(=O)NNC(=O)c3ccc(NC(C)=O)cc3)sc2c1. The van der Waals surface area contributed by atoms with E-state index in [1.54, 1.807) is 37.4 Å². The number of fused-ring (bicyclic) bond motifs is 1. The van der Waals surface area contributed by atoms with Crippen LogP contribution in [0.2, 0.25) is 5.02 Å². The molecule has 0 saturated carbocycles. The second-order valence-electron chi connectivity index (χ2n) is 5.77. The number of amides is 3. The van der Waals surface area contributed by atoms with Gasteiger partial charge in [-0.05, 0) is 42.5 Å². The molecule has 3 amide bonds. The number of methoxy groups -OCH3 is 1. The molecule has 1 heterocycles. The summed E-state index contributed by atoms with van der Waals surface area (Å²) in [5.74, 6) is -0.564. The van der Waals surface area contributed by atoms with Crippen molar-refractivity contribution >= 4 is 56.4 Å². The van der Waals surface area contributed by atoms with Gasteiger partial charge in [0.25, 0.3) is 11.8 Å². The molecule has 28 heavy (non-hydrogen) atoms. The van der Waals surface area contributed by atoms with Crippen molar-refractivity contribution in [2.75, 3.05) is 12.4 Å². The summed E-state index contributed by atoms with van der Waals surface area (Å²) in [6, 6.07) is 11.6. The summed E-state index contributed by atoms with van der Waals surface area (Å²) in [7, 11) is 1.56. The van der Waals surface area contributed by atoms with Crippen molar-refractivity contribution in [3.63, 3.8) is 0 Å². The lowest BCUT2D eigenvalue weighted by molar-refractivity contribution is -0.114. The zero-order valence-corrected chi connectivity index (χ0v) is 16.5. The number of anilines is 1. The van der Waals surface area contributed by atoms with E-state index in [0.717, 1.165) is 10.1 Å². The van der Waals surface area contributed by atoms with E-state index in [4.69, 9.17) is 16.3 Å². The van der Waals surface area contributed by atoms with Crippen molar-refractivity contribution in [3.05, 3.63) is 57.9 Å². The third kappa shape index (κ3) is 4.24. The first-order valence-electron chi connectivity index (χ1n) is 8.13. The molecule has 0 fully saturated rings. The molecule has 3 rings (SSSR count). The summed E-state index contributed by atoms with van der Waals surface area (Å²) in [4.78, 5) is 35.9. The van der Waals surface area contributed by atoms with Gasteiger partial charge in [-0.15, -0.1) is 11.3 Å². The Hall–Kier alpha value is -3.10. The molecule has 1 aromatic heterocycles. The molecule has 0 aliphatic heterocycles. The standard InChI is InChI=1S/C19H16ClN3O4S/c1-10(24)21-12-5-3-11(4-6-12)18(25)22-23-19(26)17-16(20)14-8-7-13(27-2)9-15(14)28-17/h3-9H,1-2H3,(H,21,24)(H,22,25)(H,23,26). The highest BCUT2D eigenvalue weighted by Crippen LogP contribution is 2.37. The van der Waals surface area contributed by atoms with Crippen molar-refractivity contribution in [1.29, 1.82) is 0 Å². The van der Waals surface area contributed by atoms with Gasteiger partial charge in [-0.25, -0.2) is 0 Å². The van der Waals surface area contributed by atoms with Crippen LogP contribution in [-0.4, -0.2) is 24.8 Å². The van der Waals surface area contributed by atoms with Crippen LogP contribution in [0.3, 0.4) is 0 Å². The van der Waals surface area contributed by atoms with Gasteiger partial charge in [0.15, 0.2) is 0 Å². The minimum Gasteiger partial charge on any atom is -0.497 e. The van der Waals surface area contributed by atoms with Gasteiger partial charge in [0.05, 0.1) is 12.1 Å². The van der Waals surface area contributed by atoms with Gasteiger partial charge >= 0.3 is 0 Å². The van der Waals surface area contributed by atoms with E-state index in [2.05, 4.69) is 16.2 Å². The highest BCUT2D eigenvalue weighted by Gasteiger charge is 2.18. The number of thiophene rings is 1. The Bertz CT molecular complexity index is 1060. The van der Waals surface area contributed by atoms with Crippen molar-refractivity contribution in [2.45, 2.75) is 6.92 Å². The maximum atomic E-state index is 12.4. The van der Waals surface area contributed by atoms with Crippen molar-refractivity contribution in [2.24, 2.45) is 0 Å². The van der Waals surface area contributed by atoms with Gasteiger partial charge in [-0.3, -0.25) is 25.2 Å². The monoisotopic (exact) mass is 417 g/mol. The van der Waals surface area contributed by atoms with Gasteiger partial charge in [0.1, 0.15) is 10.6 Å². The molecule has 0 aliphatic carbocycles. The number of hydrogen-bond acceptors (Lipinski definition) is 5. The predicted octanol–water partition coefficient (Wildman–Crippen LogP) is 3.60. The highest BCUT2D eigenvalue weighted by atomic mass is 35.5. The molecular formula is C19H16ClN3O4S. The fraction of sp³-hybridized carbons (Fsp3) is 0.105. The van der Waals surface area contributed by atoms with Crippen LogP contribution in [0.5, 0.6) is 5.75 Å². The van der Waals surface area contributed by atoms with Crippen molar-refractivity contribution in [3.8, 4) is 5.75 Å². The lowest BCUT2D eigenvalue weighted by Crippen LogP contribution is -2.41. The van der Waals surface area contributed by atoms with Gasteiger partial charge in [-0.2, -0.15) is 0 Å². The first-order valence-corrected chi connectivity index (χ1v) is 9.33. The molecule has 0 atom stereocenters. The number of carbonyl (C=O) groups excluding carboxylic acids is 3. The third-order valence-electron chi connectivity index (χ3n) is 3.80. The molecule has 0 spiro atoms. The summed E-state index contributed by atoms with van der Waals surface area (Å²) in [5, 5.41) is 3.65. The molecule has 2 aromatic carbocycles. The fourth-order valence-electron chi connectivity index (χ4n) is 2.47. The zero-order chi connectivity index (χ0) is 20.3. The molecule has 3 aromatic rings. The third-order valence-corrected chi connectivity index (χ3v) is 5.46. The van der Waals surface area contributed by atoms with E-state index in [0.29, 0.717) is 22.0 Å².